The Bertz CT molecular complexity index is 1070. The summed E-state index contributed by atoms with van der Waals surface area (Å²) < 4.78 is 30.1. The molecule has 0 fully saturated rings. The van der Waals surface area contributed by atoms with Crippen molar-refractivity contribution in [3.8, 4) is 0 Å². The number of likely N-dealkylation sites (N-methyl/N-ethyl adjacent to an activating group) is 1. The number of benzene rings is 2. The highest BCUT2D eigenvalue weighted by atomic mass is 35.5. The molecule has 1 N–H and O–H groups in total. The molecule has 0 saturated carbocycles. The van der Waals surface area contributed by atoms with Gasteiger partial charge in [-0.05, 0) is 63.5 Å². The zero-order chi connectivity index (χ0) is 19.8. The van der Waals surface area contributed by atoms with Crippen LogP contribution < -0.4 is 4.72 Å². The van der Waals surface area contributed by atoms with Crippen molar-refractivity contribution in [3.63, 3.8) is 0 Å². The van der Waals surface area contributed by atoms with Gasteiger partial charge < -0.3 is 9.47 Å². The molecule has 1 heterocycles. The summed E-state index contributed by atoms with van der Waals surface area (Å²) in [7, 11) is 0.291. The molecule has 0 spiro atoms. The topological polar surface area (TPSA) is 54.3 Å². The Morgan fingerprint density at radius 3 is 2.33 bits per heavy atom. The van der Waals surface area contributed by atoms with Crippen LogP contribution in [0.2, 0.25) is 10.0 Å². The summed E-state index contributed by atoms with van der Waals surface area (Å²) in [4.78, 5) is 2.16. The van der Waals surface area contributed by atoms with Gasteiger partial charge in [-0.3, -0.25) is 4.72 Å². The predicted octanol–water partition coefficient (Wildman–Crippen LogP) is 4.62. The SMILES string of the molecule is Cc1cc2cc(NS(=O)(=O)c3cc(Cl)cc(Cl)c3)ccc2n1CCN(C)C. The Hall–Kier alpha value is -1.73. The van der Waals surface area contributed by atoms with Crippen LogP contribution in [0.5, 0.6) is 0 Å². The summed E-state index contributed by atoms with van der Waals surface area (Å²) >= 11 is 11.9. The number of nitrogens with zero attached hydrogens (tertiary/aromatic N) is 2. The van der Waals surface area contributed by atoms with Crippen LogP contribution in [-0.4, -0.2) is 38.5 Å². The number of hydrogen-bond acceptors (Lipinski definition) is 3. The fourth-order valence-electron chi connectivity index (χ4n) is 2.97. The van der Waals surface area contributed by atoms with E-state index in [1.54, 1.807) is 6.07 Å². The highest BCUT2D eigenvalue weighted by molar-refractivity contribution is 7.92. The number of sulfonamides is 1. The minimum atomic E-state index is -3.78. The lowest BCUT2D eigenvalue weighted by molar-refractivity contribution is 0.385. The molecule has 0 amide bonds. The lowest BCUT2D eigenvalue weighted by Crippen LogP contribution is -2.18. The number of aryl methyl sites for hydroxylation is 1. The van der Waals surface area contributed by atoms with Crippen molar-refractivity contribution in [2.24, 2.45) is 0 Å². The van der Waals surface area contributed by atoms with Gasteiger partial charge in [0.2, 0.25) is 0 Å². The molecule has 1 aromatic heterocycles. The molecule has 0 atom stereocenters. The van der Waals surface area contributed by atoms with E-state index in [-0.39, 0.29) is 14.9 Å². The molecule has 0 bridgehead atoms. The average Bonchev–Trinajstić information content (AvgIpc) is 2.86. The summed E-state index contributed by atoms with van der Waals surface area (Å²) in [5, 5.41) is 1.52. The van der Waals surface area contributed by atoms with Crippen LogP contribution in [0.4, 0.5) is 5.69 Å². The zero-order valence-corrected chi connectivity index (χ0v) is 17.7. The summed E-state index contributed by atoms with van der Waals surface area (Å²) in [5.74, 6) is 0. The van der Waals surface area contributed by atoms with Crippen molar-refractivity contribution in [1.82, 2.24) is 9.47 Å². The molecule has 2 aromatic carbocycles. The molecule has 0 aliphatic heterocycles. The normalized spacial score (nSPS) is 12.1. The first-order valence-electron chi connectivity index (χ1n) is 8.39. The molecule has 0 aliphatic rings. The molecule has 0 unspecified atom stereocenters. The molecule has 3 rings (SSSR count). The van der Waals surface area contributed by atoms with Gasteiger partial charge in [-0.2, -0.15) is 0 Å². The smallest absolute Gasteiger partial charge is 0.261 e. The van der Waals surface area contributed by atoms with Crippen molar-refractivity contribution in [3.05, 3.63) is 58.2 Å². The van der Waals surface area contributed by atoms with E-state index >= 15 is 0 Å². The van der Waals surface area contributed by atoms with Gasteiger partial charge in [0.1, 0.15) is 0 Å². The molecule has 27 heavy (non-hydrogen) atoms. The number of hydrogen-bond donors (Lipinski definition) is 1. The first-order valence-corrected chi connectivity index (χ1v) is 10.6. The Balaban J connectivity index is 1.91. The Labute approximate surface area is 169 Å². The minimum absolute atomic E-state index is 0.0276. The van der Waals surface area contributed by atoms with E-state index in [2.05, 4.69) is 20.3 Å². The van der Waals surface area contributed by atoms with Crippen LogP contribution in [0.15, 0.2) is 47.4 Å². The Morgan fingerprint density at radius 2 is 1.70 bits per heavy atom. The van der Waals surface area contributed by atoms with Gasteiger partial charge in [-0.15, -0.1) is 0 Å². The van der Waals surface area contributed by atoms with Crippen molar-refractivity contribution < 1.29 is 8.42 Å². The second kappa shape index (κ2) is 7.72. The lowest BCUT2D eigenvalue weighted by Gasteiger charge is -2.13. The monoisotopic (exact) mass is 425 g/mol. The number of halogens is 2. The van der Waals surface area contributed by atoms with Gasteiger partial charge in [-0.1, -0.05) is 23.2 Å². The molecule has 144 valence electrons. The molecule has 0 saturated heterocycles. The predicted molar refractivity (Wildman–Crippen MR) is 112 cm³/mol. The minimum Gasteiger partial charge on any atom is -0.344 e. The van der Waals surface area contributed by atoms with E-state index in [0.717, 1.165) is 29.7 Å². The summed E-state index contributed by atoms with van der Waals surface area (Å²) in [6.07, 6.45) is 0. The largest absolute Gasteiger partial charge is 0.344 e. The molecule has 0 radical (unpaired) electrons. The zero-order valence-electron chi connectivity index (χ0n) is 15.3. The van der Waals surface area contributed by atoms with E-state index < -0.39 is 10.0 Å². The van der Waals surface area contributed by atoms with Crippen molar-refractivity contribution in [2.75, 3.05) is 25.4 Å². The van der Waals surface area contributed by atoms with E-state index in [1.165, 1.54) is 18.2 Å². The molecule has 0 aliphatic carbocycles. The maximum atomic E-state index is 12.7. The van der Waals surface area contributed by atoms with Gasteiger partial charge in [0, 0.05) is 45.4 Å². The Morgan fingerprint density at radius 1 is 1.04 bits per heavy atom. The summed E-state index contributed by atoms with van der Waals surface area (Å²) in [6.45, 7) is 3.84. The van der Waals surface area contributed by atoms with Crippen LogP contribution in [0, 0.1) is 6.92 Å². The standard InChI is InChI=1S/C19H21Cl2N3O2S/c1-13-8-14-9-17(4-5-19(14)24(13)7-6-23(2)3)22-27(25,26)18-11-15(20)10-16(21)12-18/h4-5,8-12,22H,6-7H2,1-3H3. The van der Waals surface area contributed by atoms with E-state index in [0.29, 0.717) is 5.69 Å². The number of anilines is 1. The summed E-state index contributed by atoms with van der Waals surface area (Å²) in [6, 6.07) is 11.8. The highest BCUT2D eigenvalue weighted by Crippen LogP contribution is 2.27. The Kier molecular flexibility index (Phi) is 5.72. The van der Waals surface area contributed by atoms with Crippen LogP contribution in [0.3, 0.4) is 0 Å². The fourth-order valence-corrected chi connectivity index (χ4v) is 4.74. The molecular weight excluding hydrogens is 405 g/mol. The van der Waals surface area contributed by atoms with Crippen LogP contribution >= 0.6 is 23.2 Å². The van der Waals surface area contributed by atoms with E-state index in [4.69, 9.17) is 23.2 Å². The quantitative estimate of drug-likeness (QED) is 0.626. The van der Waals surface area contributed by atoms with Gasteiger partial charge in [-0.25, -0.2) is 8.42 Å². The fraction of sp³-hybridized carbons (Fsp3) is 0.263. The van der Waals surface area contributed by atoms with Gasteiger partial charge >= 0.3 is 0 Å². The first kappa shape index (κ1) is 20.0. The molecule has 8 heteroatoms. The van der Waals surface area contributed by atoms with E-state index in [9.17, 15) is 8.42 Å². The van der Waals surface area contributed by atoms with Crippen LogP contribution in [0.1, 0.15) is 5.69 Å². The third kappa shape index (κ3) is 4.58. The number of rotatable bonds is 6. The molecular formula is C19H21Cl2N3O2S. The van der Waals surface area contributed by atoms with E-state index in [1.807, 2.05) is 33.2 Å². The second-order valence-corrected chi connectivity index (χ2v) is 9.28. The lowest BCUT2D eigenvalue weighted by atomic mass is 10.2. The van der Waals surface area contributed by atoms with Crippen molar-refractivity contribution >= 4 is 49.8 Å². The first-order chi connectivity index (χ1) is 12.7. The van der Waals surface area contributed by atoms with Crippen LogP contribution in [-0.2, 0) is 16.6 Å². The van der Waals surface area contributed by atoms with Crippen LogP contribution in [0.25, 0.3) is 10.9 Å². The highest BCUT2D eigenvalue weighted by Gasteiger charge is 2.16. The van der Waals surface area contributed by atoms with Crippen molar-refractivity contribution in [2.45, 2.75) is 18.4 Å². The maximum Gasteiger partial charge on any atom is 0.261 e. The van der Waals surface area contributed by atoms with Gasteiger partial charge in [0.25, 0.3) is 10.0 Å². The van der Waals surface area contributed by atoms with Gasteiger partial charge in [0.15, 0.2) is 0 Å². The number of fused-ring (bicyclic) bond motifs is 1. The number of nitrogens with one attached hydrogen (secondary N) is 1. The third-order valence-corrected chi connectivity index (χ3v) is 6.08. The second-order valence-electron chi connectivity index (χ2n) is 6.72. The molecule has 5 nitrogen and oxygen atoms in total. The van der Waals surface area contributed by atoms with Gasteiger partial charge in [0.05, 0.1) is 4.90 Å². The van der Waals surface area contributed by atoms with Crippen molar-refractivity contribution in [1.29, 1.82) is 0 Å². The average molecular weight is 426 g/mol. The summed E-state index contributed by atoms with van der Waals surface area (Å²) in [5.41, 5.74) is 2.69. The molecule has 3 aromatic rings. The number of aromatic nitrogens is 1. The maximum absolute atomic E-state index is 12.7. The third-order valence-electron chi connectivity index (χ3n) is 4.28.